The van der Waals surface area contributed by atoms with Gasteiger partial charge in [-0.05, 0) is 88.5 Å². The third-order valence-electron chi connectivity index (χ3n) is 8.19. The molecule has 3 heterocycles. The summed E-state index contributed by atoms with van der Waals surface area (Å²) in [6, 6.07) is 33.7. The molecule has 0 saturated carbocycles. The Morgan fingerprint density at radius 2 is 1.04 bits per heavy atom. The third kappa shape index (κ3) is 5.53. The van der Waals surface area contributed by atoms with Crippen LogP contribution in [0.3, 0.4) is 0 Å². The first kappa shape index (κ1) is 29.0. The fraction of sp³-hybridized carbons (Fsp3) is 0. The summed E-state index contributed by atoms with van der Waals surface area (Å²) in [5, 5.41) is 0.989. The summed E-state index contributed by atoms with van der Waals surface area (Å²) in [5.41, 5.74) is 34.1. The van der Waals surface area contributed by atoms with E-state index < -0.39 is 11.8 Å². The summed E-state index contributed by atoms with van der Waals surface area (Å²) in [7, 11) is 0. The fourth-order valence-electron chi connectivity index (χ4n) is 5.85. The van der Waals surface area contributed by atoms with Crippen molar-refractivity contribution in [3.63, 3.8) is 0 Å². The number of nitrogens with two attached hydrogens (primary N) is 4. The largest absolute Gasteiger partial charge is 0.399 e. The predicted octanol–water partition coefficient (Wildman–Crippen LogP) is 6.66. The molecule has 9 N–H and O–H groups in total. The van der Waals surface area contributed by atoms with Gasteiger partial charge in [0, 0.05) is 57.0 Å². The average molecular weight is 616 g/mol. The van der Waals surface area contributed by atoms with Gasteiger partial charge in [-0.15, -0.1) is 0 Å². The Balaban J connectivity index is 1.33. The maximum atomic E-state index is 12.1. The van der Waals surface area contributed by atoms with E-state index in [0.29, 0.717) is 33.6 Å². The molecule has 0 spiro atoms. The van der Waals surface area contributed by atoms with Crippen LogP contribution in [-0.2, 0) is 0 Å². The summed E-state index contributed by atoms with van der Waals surface area (Å²) in [6.07, 6.45) is 3.70. The maximum absolute atomic E-state index is 12.1. The average Bonchev–Trinajstić information content (AvgIpc) is 3.52. The summed E-state index contributed by atoms with van der Waals surface area (Å²) in [5.74, 6) is -1.05. The molecule has 0 fully saturated rings. The van der Waals surface area contributed by atoms with Crippen LogP contribution in [-0.4, -0.2) is 26.8 Å². The molecule has 0 aliphatic heterocycles. The fourth-order valence-corrected chi connectivity index (χ4v) is 5.85. The van der Waals surface area contributed by atoms with Crippen molar-refractivity contribution in [1.82, 2.24) is 15.0 Å². The number of aromatic nitrogens is 3. The van der Waals surface area contributed by atoms with E-state index in [1.54, 1.807) is 42.6 Å². The van der Waals surface area contributed by atoms with Gasteiger partial charge in [-0.1, -0.05) is 48.5 Å². The number of nitrogens with zero attached hydrogens (tertiary/aromatic N) is 2. The number of benzene rings is 4. The standard InChI is InChI=1S/C38H29N7O2/c39-26-11-13-28(36(41)46)31(18-26)21-3-7-23(8-4-21)34-16-25(33-20-44-38-30(33)2-1-15-43-38)17-35(45-34)24-9-5-22(6-10-24)32-19-27(40)12-14-29(32)37(42)47/h1-20H,39-40H2,(H2,41,46)(H2,42,47)(H,43,44). The molecule has 0 bridgehead atoms. The minimum Gasteiger partial charge on any atom is -0.399 e. The lowest BCUT2D eigenvalue weighted by Crippen LogP contribution is -2.12. The van der Waals surface area contributed by atoms with Gasteiger partial charge in [-0.3, -0.25) is 9.59 Å². The van der Waals surface area contributed by atoms with E-state index in [0.717, 1.165) is 55.8 Å². The molecular formula is C38H29N7O2. The molecule has 0 radical (unpaired) electrons. The molecule has 3 aromatic heterocycles. The van der Waals surface area contributed by atoms with E-state index in [-0.39, 0.29) is 0 Å². The molecule has 0 aliphatic carbocycles. The highest BCUT2D eigenvalue weighted by molar-refractivity contribution is 6.01. The molecule has 0 aliphatic rings. The van der Waals surface area contributed by atoms with Crippen molar-refractivity contribution in [3.05, 3.63) is 133 Å². The number of hydrogen-bond donors (Lipinski definition) is 5. The molecule has 4 aromatic carbocycles. The van der Waals surface area contributed by atoms with Crippen LogP contribution in [0.25, 0.3) is 66.9 Å². The number of fused-ring (bicyclic) bond motifs is 1. The Bertz CT molecular complexity index is 2200. The van der Waals surface area contributed by atoms with E-state index >= 15 is 0 Å². The van der Waals surface area contributed by atoms with Gasteiger partial charge in [0.15, 0.2) is 0 Å². The van der Waals surface area contributed by atoms with Crippen molar-refractivity contribution < 1.29 is 9.59 Å². The molecule has 0 saturated heterocycles. The number of nitrogen functional groups attached to an aromatic ring is 2. The van der Waals surface area contributed by atoms with Crippen molar-refractivity contribution in [1.29, 1.82) is 0 Å². The maximum Gasteiger partial charge on any atom is 0.249 e. The highest BCUT2D eigenvalue weighted by atomic mass is 16.1. The SMILES string of the molecule is NC(=O)c1ccc(N)cc1-c1ccc(-c2cc(-c3c[nH]c4ncccc34)cc(-c3ccc(-c4cc(N)ccc4C(N)=O)cc3)n2)cc1. The Hall–Kier alpha value is -6.74. The van der Waals surface area contributed by atoms with Crippen molar-refractivity contribution in [2.45, 2.75) is 0 Å². The number of nitrogens with one attached hydrogen (secondary N) is 1. The second-order valence-electron chi connectivity index (χ2n) is 11.2. The third-order valence-corrected chi connectivity index (χ3v) is 8.19. The first-order valence-electron chi connectivity index (χ1n) is 14.8. The first-order valence-corrected chi connectivity index (χ1v) is 14.8. The molecular weight excluding hydrogens is 586 g/mol. The van der Waals surface area contributed by atoms with Crippen molar-refractivity contribution in [2.24, 2.45) is 11.5 Å². The number of carbonyl (C=O) groups is 2. The zero-order chi connectivity index (χ0) is 32.7. The molecule has 9 heteroatoms. The highest BCUT2D eigenvalue weighted by Gasteiger charge is 2.16. The molecule has 7 aromatic rings. The number of amides is 2. The van der Waals surface area contributed by atoms with E-state index in [9.17, 15) is 9.59 Å². The van der Waals surface area contributed by atoms with Crippen LogP contribution in [0.5, 0.6) is 0 Å². The molecule has 9 nitrogen and oxygen atoms in total. The van der Waals surface area contributed by atoms with Gasteiger partial charge in [0.2, 0.25) is 11.8 Å². The Labute approximate surface area is 269 Å². The summed E-state index contributed by atoms with van der Waals surface area (Å²) >= 11 is 0. The van der Waals surface area contributed by atoms with E-state index in [2.05, 4.69) is 9.97 Å². The molecule has 0 atom stereocenters. The quantitative estimate of drug-likeness (QED) is 0.125. The first-order chi connectivity index (χ1) is 22.7. The monoisotopic (exact) mass is 615 g/mol. The van der Waals surface area contributed by atoms with Crippen molar-refractivity contribution >= 4 is 34.2 Å². The van der Waals surface area contributed by atoms with Crippen LogP contribution in [0.2, 0.25) is 0 Å². The van der Waals surface area contributed by atoms with Crippen LogP contribution < -0.4 is 22.9 Å². The molecule has 7 rings (SSSR count). The van der Waals surface area contributed by atoms with E-state index in [1.807, 2.05) is 79.0 Å². The van der Waals surface area contributed by atoms with Gasteiger partial charge in [0.1, 0.15) is 5.65 Å². The topological polar surface area (TPSA) is 180 Å². The Morgan fingerprint density at radius 3 is 1.53 bits per heavy atom. The van der Waals surface area contributed by atoms with Crippen LogP contribution in [0, 0.1) is 0 Å². The van der Waals surface area contributed by atoms with Crippen LogP contribution in [0.4, 0.5) is 11.4 Å². The molecule has 47 heavy (non-hydrogen) atoms. The van der Waals surface area contributed by atoms with Crippen LogP contribution >= 0.6 is 0 Å². The molecule has 0 unspecified atom stereocenters. The predicted molar refractivity (Wildman–Crippen MR) is 187 cm³/mol. The van der Waals surface area contributed by atoms with Crippen LogP contribution in [0.1, 0.15) is 20.7 Å². The van der Waals surface area contributed by atoms with E-state index in [1.165, 1.54) is 0 Å². The van der Waals surface area contributed by atoms with Gasteiger partial charge >= 0.3 is 0 Å². The zero-order valence-corrected chi connectivity index (χ0v) is 25.1. The lowest BCUT2D eigenvalue weighted by atomic mass is 9.95. The number of rotatable bonds is 7. The second kappa shape index (κ2) is 11.6. The van der Waals surface area contributed by atoms with Crippen molar-refractivity contribution in [3.8, 4) is 55.9 Å². The van der Waals surface area contributed by atoms with Gasteiger partial charge in [-0.2, -0.15) is 0 Å². The Morgan fingerprint density at radius 1 is 0.553 bits per heavy atom. The number of H-pyrrole nitrogens is 1. The smallest absolute Gasteiger partial charge is 0.249 e. The van der Waals surface area contributed by atoms with E-state index in [4.69, 9.17) is 27.9 Å². The Kier molecular flexibility index (Phi) is 7.18. The molecule has 228 valence electrons. The second-order valence-corrected chi connectivity index (χ2v) is 11.2. The lowest BCUT2D eigenvalue weighted by molar-refractivity contribution is 0.0992. The van der Waals surface area contributed by atoms with Gasteiger partial charge in [0.05, 0.1) is 11.4 Å². The number of carbonyl (C=O) groups excluding carboxylic acids is 2. The molecule has 2 amide bonds. The summed E-state index contributed by atoms with van der Waals surface area (Å²) in [4.78, 5) is 37.0. The lowest BCUT2D eigenvalue weighted by Gasteiger charge is -2.13. The van der Waals surface area contributed by atoms with Gasteiger partial charge in [0.25, 0.3) is 0 Å². The van der Waals surface area contributed by atoms with Crippen molar-refractivity contribution in [2.75, 3.05) is 11.5 Å². The zero-order valence-electron chi connectivity index (χ0n) is 25.1. The summed E-state index contributed by atoms with van der Waals surface area (Å²) < 4.78 is 0. The minimum absolute atomic E-state index is 0.395. The highest BCUT2D eigenvalue weighted by Crippen LogP contribution is 2.36. The minimum atomic E-state index is -0.524. The number of pyridine rings is 2. The summed E-state index contributed by atoms with van der Waals surface area (Å²) in [6.45, 7) is 0. The van der Waals surface area contributed by atoms with Crippen LogP contribution in [0.15, 0.2) is 122 Å². The number of aromatic amines is 1. The van der Waals surface area contributed by atoms with Gasteiger partial charge in [-0.25, -0.2) is 9.97 Å². The van der Waals surface area contributed by atoms with Gasteiger partial charge < -0.3 is 27.9 Å². The number of anilines is 2. The number of hydrogen-bond acceptors (Lipinski definition) is 6. The number of primary amides is 2. The normalized spacial score (nSPS) is 11.1.